The molecule has 0 bridgehead atoms. The van der Waals surface area contributed by atoms with E-state index in [0.29, 0.717) is 24.5 Å². The van der Waals surface area contributed by atoms with Crippen molar-refractivity contribution in [2.75, 3.05) is 6.61 Å². The van der Waals surface area contributed by atoms with Crippen LogP contribution in [0.15, 0.2) is 60.8 Å². The minimum atomic E-state index is -0.276. The third-order valence-electron chi connectivity index (χ3n) is 4.54. The van der Waals surface area contributed by atoms with Crippen molar-refractivity contribution in [3.63, 3.8) is 0 Å². The Kier molecular flexibility index (Phi) is 5.57. The summed E-state index contributed by atoms with van der Waals surface area (Å²) in [5.74, 6) is 0.234. The molecule has 0 aliphatic carbocycles. The van der Waals surface area contributed by atoms with Gasteiger partial charge in [0.15, 0.2) is 0 Å². The molecule has 0 saturated heterocycles. The zero-order chi connectivity index (χ0) is 18.5. The molecule has 0 spiro atoms. The molecule has 0 aliphatic rings. The van der Waals surface area contributed by atoms with E-state index in [1.807, 2.05) is 43.5 Å². The molecule has 0 amide bonds. The van der Waals surface area contributed by atoms with E-state index in [2.05, 4.69) is 43.1 Å². The van der Waals surface area contributed by atoms with Crippen LogP contribution in [0.5, 0.6) is 0 Å². The highest BCUT2D eigenvalue weighted by atomic mass is 16.5. The number of hydrogen-bond acceptors (Lipinski definition) is 2. The third kappa shape index (κ3) is 3.88. The first-order valence-electron chi connectivity index (χ1n) is 9.11. The zero-order valence-electron chi connectivity index (χ0n) is 15.6. The zero-order valence-corrected chi connectivity index (χ0v) is 15.6. The highest BCUT2D eigenvalue weighted by molar-refractivity contribution is 5.98. The number of aromatic nitrogens is 1. The average Bonchev–Trinajstić information content (AvgIpc) is 3.07. The van der Waals surface area contributed by atoms with E-state index in [0.717, 1.165) is 16.8 Å². The van der Waals surface area contributed by atoms with Gasteiger partial charge in [-0.05, 0) is 41.5 Å². The van der Waals surface area contributed by atoms with Crippen LogP contribution in [0.25, 0.3) is 11.3 Å². The Balaban J connectivity index is 1.96. The molecule has 2 aromatic carbocycles. The number of hydrogen-bond donors (Lipinski definition) is 1. The van der Waals surface area contributed by atoms with Gasteiger partial charge in [-0.3, -0.25) is 0 Å². The molecule has 3 rings (SSSR count). The molecule has 0 aliphatic heterocycles. The van der Waals surface area contributed by atoms with E-state index in [4.69, 9.17) is 4.74 Å². The molecule has 1 heterocycles. The first kappa shape index (κ1) is 18.0. The van der Waals surface area contributed by atoms with Crippen LogP contribution in [-0.4, -0.2) is 17.6 Å². The van der Waals surface area contributed by atoms with E-state index in [-0.39, 0.29) is 5.97 Å². The van der Waals surface area contributed by atoms with E-state index in [1.165, 1.54) is 11.1 Å². The molecular weight excluding hydrogens is 322 g/mol. The highest BCUT2D eigenvalue weighted by Crippen LogP contribution is 2.28. The number of ether oxygens (including phenoxy) is 1. The van der Waals surface area contributed by atoms with Crippen LogP contribution in [0.2, 0.25) is 0 Å². The molecule has 134 valence electrons. The second-order valence-corrected chi connectivity index (χ2v) is 6.72. The molecule has 0 saturated carbocycles. The summed E-state index contributed by atoms with van der Waals surface area (Å²) in [6.07, 6.45) is 2.61. The smallest absolute Gasteiger partial charge is 0.340 e. The topological polar surface area (TPSA) is 42.1 Å². The van der Waals surface area contributed by atoms with Crippen molar-refractivity contribution >= 4 is 5.97 Å². The molecule has 26 heavy (non-hydrogen) atoms. The molecule has 1 aromatic heterocycles. The van der Waals surface area contributed by atoms with E-state index >= 15 is 0 Å². The predicted octanol–water partition coefficient (Wildman–Crippen LogP) is 5.57. The van der Waals surface area contributed by atoms with Gasteiger partial charge in [-0.2, -0.15) is 0 Å². The number of rotatable bonds is 6. The fourth-order valence-electron chi connectivity index (χ4n) is 3.11. The summed E-state index contributed by atoms with van der Waals surface area (Å²) in [4.78, 5) is 15.9. The molecule has 0 atom stereocenters. The Morgan fingerprint density at radius 1 is 1.04 bits per heavy atom. The molecule has 3 heteroatoms. The van der Waals surface area contributed by atoms with Crippen molar-refractivity contribution < 1.29 is 9.53 Å². The minimum Gasteiger partial charge on any atom is -0.462 e. The molecule has 3 aromatic rings. The lowest BCUT2D eigenvalue weighted by Crippen LogP contribution is -2.08. The summed E-state index contributed by atoms with van der Waals surface area (Å²) in [6.45, 7) is 6.57. The summed E-state index contributed by atoms with van der Waals surface area (Å²) in [6, 6.07) is 18.5. The highest BCUT2D eigenvalue weighted by Gasteiger charge is 2.21. The predicted molar refractivity (Wildman–Crippen MR) is 106 cm³/mol. The van der Waals surface area contributed by atoms with E-state index in [9.17, 15) is 4.79 Å². The van der Waals surface area contributed by atoms with Crippen LogP contribution in [0.3, 0.4) is 0 Å². The summed E-state index contributed by atoms with van der Waals surface area (Å²) < 4.78 is 5.32. The van der Waals surface area contributed by atoms with E-state index in [1.54, 1.807) is 0 Å². The van der Waals surface area contributed by atoms with Crippen molar-refractivity contribution in [3.8, 4) is 11.3 Å². The molecule has 0 unspecified atom stereocenters. The van der Waals surface area contributed by atoms with Crippen LogP contribution < -0.4 is 0 Å². The lowest BCUT2D eigenvalue weighted by molar-refractivity contribution is 0.0526. The minimum absolute atomic E-state index is 0.276. The van der Waals surface area contributed by atoms with Crippen molar-refractivity contribution in [1.29, 1.82) is 0 Å². The first-order chi connectivity index (χ1) is 12.6. The summed E-state index contributed by atoms with van der Waals surface area (Å²) in [5.41, 5.74) is 5.89. The molecule has 3 nitrogen and oxygen atoms in total. The Labute approximate surface area is 155 Å². The Morgan fingerprint density at radius 2 is 1.73 bits per heavy atom. The maximum absolute atomic E-state index is 12.6. The number of H-pyrrole nitrogens is 1. The SMILES string of the molecule is CCOC(=O)c1c(Cc2ccc(C(C)C)cc2)c[nH]c1-c1ccccc1. The Morgan fingerprint density at radius 3 is 2.35 bits per heavy atom. The standard InChI is InChI=1S/C23H25NO2/c1-4-26-23(25)21-20(14-17-10-12-18(13-11-17)16(2)3)15-24-22(21)19-8-6-5-7-9-19/h5-13,15-16,24H,4,14H2,1-3H3. The van der Waals surface area contributed by atoms with Gasteiger partial charge in [0.1, 0.15) is 0 Å². The van der Waals surface area contributed by atoms with E-state index < -0.39 is 0 Å². The number of esters is 1. The summed E-state index contributed by atoms with van der Waals surface area (Å²) in [7, 11) is 0. The van der Waals surface area contributed by atoms with Gasteiger partial charge in [0.2, 0.25) is 0 Å². The van der Waals surface area contributed by atoms with Crippen LogP contribution in [0.4, 0.5) is 0 Å². The number of nitrogens with one attached hydrogen (secondary N) is 1. The van der Waals surface area contributed by atoms with Gasteiger partial charge in [-0.25, -0.2) is 4.79 Å². The van der Waals surface area contributed by atoms with Crippen LogP contribution in [-0.2, 0) is 11.2 Å². The second kappa shape index (κ2) is 8.05. The lowest BCUT2D eigenvalue weighted by atomic mass is 9.97. The lowest BCUT2D eigenvalue weighted by Gasteiger charge is -2.09. The van der Waals surface area contributed by atoms with Crippen LogP contribution in [0.1, 0.15) is 53.7 Å². The van der Waals surface area contributed by atoms with Gasteiger partial charge in [-0.1, -0.05) is 68.4 Å². The number of benzene rings is 2. The fraction of sp³-hybridized carbons (Fsp3) is 0.261. The summed E-state index contributed by atoms with van der Waals surface area (Å²) >= 11 is 0. The maximum atomic E-state index is 12.6. The second-order valence-electron chi connectivity index (χ2n) is 6.72. The largest absolute Gasteiger partial charge is 0.462 e. The Bertz CT molecular complexity index is 861. The van der Waals surface area contributed by atoms with Gasteiger partial charge < -0.3 is 9.72 Å². The summed E-state index contributed by atoms with van der Waals surface area (Å²) in [5, 5.41) is 0. The van der Waals surface area contributed by atoms with Gasteiger partial charge in [0.25, 0.3) is 0 Å². The fourth-order valence-corrected chi connectivity index (χ4v) is 3.11. The van der Waals surface area contributed by atoms with Crippen molar-refractivity contribution in [1.82, 2.24) is 4.98 Å². The normalized spacial score (nSPS) is 10.9. The Hall–Kier alpha value is -2.81. The number of aromatic amines is 1. The molecular formula is C23H25NO2. The maximum Gasteiger partial charge on any atom is 0.340 e. The quantitative estimate of drug-likeness (QED) is 0.592. The van der Waals surface area contributed by atoms with Gasteiger partial charge in [0, 0.05) is 6.20 Å². The average molecular weight is 347 g/mol. The number of carbonyl (C=O) groups excluding carboxylic acids is 1. The van der Waals surface area contributed by atoms with Gasteiger partial charge >= 0.3 is 5.97 Å². The van der Waals surface area contributed by atoms with Gasteiger partial charge in [0.05, 0.1) is 17.9 Å². The monoisotopic (exact) mass is 347 g/mol. The van der Waals surface area contributed by atoms with Crippen molar-refractivity contribution in [2.45, 2.75) is 33.1 Å². The number of carbonyl (C=O) groups is 1. The van der Waals surface area contributed by atoms with Crippen molar-refractivity contribution in [3.05, 3.63) is 83.0 Å². The van der Waals surface area contributed by atoms with Crippen LogP contribution >= 0.6 is 0 Å². The first-order valence-corrected chi connectivity index (χ1v) is 9.11. The molecule has 1 N–H and O–H groups in total. The molecule has 0 fully saturated rings. The van der Waals surface area contributed by atoms with Gasteiger partial charge in [-0.15, -0.1) is 0 Å². The molecule has 0 radical (unpaired) electrons. The van der Waals surface area contributed by atoms with Crippen LogP contribution in [0, 0.1) is 0 Å². The third-order valence-corrected chi connectivity index (χ3v) is 4.54. The van der Waals surface area contributed by atoms with Crippen molar-refractivity contribution in [2.24, 2.45) is 0 Å².